The third-order valence-electron chi connectivity index (χ3n) is 5.05. The molecule has 1 fully saturated rings. The van der Waals surface area contributed by atoms with Gasteiger partial charge in [-0.3, -0.25) is 20.3 Å². The van der Waals surface area contributed by atoms with E-state index >= 15 is 0 Å². The fourth-order valence-electron chi connectivity index (χ4n) is 3.33. The minimum Gasteiger partial charge on any atom is -0.493 e. The number of ketones is 1. The average Bonchev–Trinajstić information content (AvgIpc) is 3.41. The average molecular weight is 497 g/mol. The van der Waals surface area contributed by atoms with Crippen LogP contribution in [0.3, 0.4) is 0 Å². The predicted molar refractivity (Wildman–Crippen MR) is 131 cm³/mol. The summed E-state index contributed by atoms with van der Waals surface area (Å²) in [6.07, 6.45) is 2.11. The Morgan fingerprint density at radius 1 is 1.21 bits per heavy atom. The van der Waals surface area contributed by atoms with E-state index in [-0.39, 0.29) is 39.3 Å². The van der Waals surface area contributed by atoms with Gasteiger partial charge in [-0.15, -0.1) is 21.5 Å². The number of rotatable bonds is 8. The predicted octanol–water partition coefficient (Wildman–Crippen LogP) is 5.01. The first-order chi connectivity index (χ1) is 16.4. The highest BCUT2D eigenvalue weighted by atomic mass is 32.2. The summed E-state index contributed by atoms with van der Waals surface area (Å²) in [5.41, 5.74) is 0.854. The summed E-state index contributed by atoms with van der Waals surface area (Å²) < 4.78 is 11.2. The number of ether oxygens (including phenoxy) is 2. The van der Waals surface area contributed by atoms with Gasteiger partial charge in [0.05, 0.1) is 33.6 Å². The summed E-state index contributed by atoms with van der Waals surface area (Å²) in [5, 5.41) is 29.6. The molecule has 0 amide bonds. The molecule has 9 nitrogen and oxygen atoms in total. The Labute approximate surface area is 203 Å². The van der Waals surface area contributed by atoms with Crippen LogP contribution >= 0.6 is 23.1 Å². The van der Waals surface area contributed by atoms with Gasteiger partial charge >= 0.3 is 0 Å². The zero-order valence-corrected chi connectivity index (χ0v) is 19.9. The molecule has 174 valence electrons. The van der Waals surface area contributed by atoms with Crippen LogP contribution in [0.15, 0.2) is 47.4 Å². The molecule has 0 radical (unpaired) electrons. The van der Waals surface area contributed by atoms with Gasteiger partial charge in [0.2, 0.25) is 0 Å². The second-order valence-corrected chi connectivity index (χ2v) is 9.43. The van der Waals surface area contributed by atoms with Crippen LogP contribution < -0.4 is 9.47 Å². The second kappa shape index (κ2) is 10.1. The molecular formula is C23H20N4O5S2. The molecule has 2 aromatic carbocycles. The number of carbonyl (C=O) groups excluding carboxylic acids is 1. The molecule has 1 aliphatic rings. The Kier molecular flexibility index (Phi) is 7.03. The van der Waals surface area contributed by atoms with Crippen LogP contribution in [0.1, 0.15) is 34.0 Å². The van der Waals surface area contributed by atoms with Gasteiger partial charge in [0, 0.05) is 0 Å². The molecule has 2 heterocycles. The maximum Gasteiger partial charge on any atom is 0.280 e. The summed E-state index contributed by atoms with van der Waals surface area (Å²) in [6.45, 7) is 2.15. The quantitative estimate of drug-likeness (QED) is 0.262. The van der Waals surface area contributed by atoms with Crippen LogP contribution in [0.5, 0.6) is 11.5 Å². The van der Waals surface area contributed by atoms with Crippen LogP contribution in [-0.2, 0) is 17.8 Å². The van der Waals surface area contributed by atoms with Crippen LogP contribution in [-0.4, -0.2) is 33.1 Å². The minimum absolute atomic E-state index is 0.118. The van der Waals surface area contributed by atoms with E-state index in [1.54, 1.807) is 0 Å². The van der Waals surface area contributed by atoms with E-state index in [0.29, 0.717) is 17.2 Å². The number of aryl methyl sites for hydroxylation is 1. The Morgan fingerprint density at radius 3 is 2.62 bits per heavy atom. The van der Waals surface area contributed by atoms with Gasteiger partial charge in [0.25, 0.3) is 5.69 Å². The first kappa shape index (κ1) is 23.6. The van der Waals surface area contributed by atoms with Gasteiger partial charge in [-0.1, -0.05) is 49.0 Å². The number of methoxy groups -OCH3 is 1. The van der Waals surface area contributed by atoms with E-state index in [1.165, 1.54) is 36.7 Å². The van der Waals surface area contributed by atoms with E-state index in [4.69, 9.17) is 14.9 Å². The van der Waals surface area contributed by atoms with Crippen LogP contribution in [0.4, 0.5) is 5.69 Å². The number of nitrogens with zero attached hydrogens (tertiary/aromatic N) is 3. The van der Waals surface area contributed by atoms with Crippen molar-refractivity contribution in [3.63, 3.8) is 0 Å². The Morgan fingerprint density at radius 2 is 1.97 bits per heavy atom. The fourth-order valence-corrected chi connectivity index (χ4v) is 5.27. The molecule has 1 N–H and O–H groups in total. The molecule has 4 rings (SSSR count). The number of hydrogen-bond acceptors (Lipinski definition) is 10. The first-order valence-corrected chi connectivity index (χ1v) is 11.9. The van der Waals surface area contributed by atoms with Crippen molar-refractivity contribution in [2.45, 2.75) is 25.9 Å². The lowest BCUT2D eigenvalue weighted by molar-refractivity contribution is -0.385. The lowest BCUT2D eigenvalue weighted by Gasteiger charge is -2.12. The van der Waals surface area contributed by atoms with Crippen molar-refractivity contribution >= 4 is 45.7 Å². The lowest BCUT2D eigenvalue weighted by atomic mass is 10.0. The third kappa shape index (κ3) is 4.85. The van der Waals surface area contributed by atoms with Crippen LogP contribution in [0, 0.1) is 15.5 Å². The molecule has 0 aliphatic carbocycles. The fraction of sp³-hybridized carbons (Fsp3) is 0.217. The molecule has 1 aromatic heterocycles. The number of allylic oxidation sites excluding steroid dienone is 1. The monoisotopic (exact) mass is 496 g/mol. The summed E-state index contributed by atoms with van der Waals surface area (Å²) in [4.78, 5) is 24.6. The number of nitrogens with one attached hydrogen (secondary N) is 1. The number of carbonyl (C=O) groups is 1. The van der Waals surface area contributed by atoms with E-state index in [1.807, 2.05) is 37.3 Å². The summed E-state index contributed by atoms with van der Waals surface area (Å²) >= 11 is 2.27. The maximum absolute atomic E-state index is 13.1. The number of thioether (sulfide) groups is 1. The van der Waals surface area contributed by atoms with Gasteiger partial charge in [0.15, 0.2) is 17.3 Å². The number of Topliss-reactive ketones (excluding diaryl/α,β-unsaturated/α-hetero) is 1. The Balaban J connectivity index is 1.66. The highest BCUT2D eigenvalue weighted by Gasteiger charge is 2.39. The zero-order chi connectivity index (χ0) is 24.2. The molecule has 0 bridgehead atoms. The molecule has 1 saturated heterocycles. The maximum atomic E-state index is 13.1. The van der Waals surface area contributed by atoms with Crippen molar-refractivity contribution in [1.82, 2.24) is 10.2 Å². The SMILES string of the molecule is CCc1nnc([C@@H]2C(=N)S/C(=C\c3cc(OC)c(OCc4ccccc4)cc3[N+](=O)[O-])C2=O)s1. The van der Waals surface area contributed by atoms with Gasteiger partial charge < -0.3 is 9.47 Å². The van der Waals surface area contributed by atoms with Gasteiger partial charge in [-0.25, -0.2) is 0 Å². The molecule has 0 spiro atoms. The van der Waals surface area contributed by atoms with Crippen molar-refractivity contribution < 1.29 is 19.2 Å². The Bertz CT molecular complexity index is 1290. The topological polar surface area (TPSA) is 128 Å². The highest BCUT2D eigenvalue weighted by molar-refractivity contribution is 8.19. The zero-order valence-electron chi connectivity index (χ0n) is 18.3. The smallest absolute Gasteiger partial charge is 0.280 e. The van der Waals surface area contributed by atoms with E-state index < -0.39 is 10.8 Å². The number of benzene rings is 2. The van der Waals surface area contributed by atoms with E-state index in [2.05, 4.69) is 10.2 Å². The van der Waals surface area contributed by atoms with Gasteiger partial charge in [-0.2, -0.15) is 0 Å². The first-order valence-electron chi connectivity index (χ1n) is 10.3. The lowest BCUT2D eigenvalue weighted by Crippen LogP contribution is -2.11. The second-order valence-electron chi connectivity index (χ2n) is 7.25. The molecule has 0 unspecified atom stereocenters. The minimum atomic E-state index is -0.830. The van der Waals surface area contributed by atoms with Crippen molar-refractivity contribution in [1.29, 1.82) is 5.41 Å². The molecule has 0 saturated carbocycles. The normalized spacial score (nSPS) is 16.8. The highest BCUT2D eigenvalue weighted by Crippen LogP contribution is 2.43. The summed E-state index contributed by atoms with van der Waals surface area (Å²) in [7, 11) is 1.44. The number of aromatic nitrogens is 2. The van der Waals surface area contributed by atoms with Crippen molar-refractivity contribution in [2.24, 2.45) is 0 Å². The molecule has 34 heavy (non-hydrogen) atoms. The number of nitro benzene ring substituents is 1. The largest absolute Gasteiger partial charge is 0.493 e. The third-order valence-corrected chi connectivity index (χ3v) is 7.18. The molecule has 3 aromatic rings. The van der Waals surface area contributed by atoms with Crippen LogP contribution in [0.25, 0.3) is 6.08 Å². The van der Waals surface area contributed by atoms with Crippen LogP contribution in [0.2, 0.25) is 0 Å². The van der Waals surface area contributed by atoms with Gasteiger partial charge in [0.1, 0.15) is 22.5 Å². The Hall–Kier alpha value is -3.57. The summed E-state index contributed by atoms with van der Waals surface area (Å²) in [6, 6.07) is 12.2. The van der Waals surface area contributed by atoms with E-state index in [0.717, 1.165) is 22.3 Å². The van der Waals surface area contributed by atoms with Gasteiger partial charge in [-0.05, 0) is 24.1 Å². The summed E-state index contributed by atoms with van der Waals surface area (Å²) in [5.74, 6) is -0.640. The number of nitro groups is 1. The molecule has 11 heteroatoms. The molecular weight excluding hydrogens is 476 g/mol. The molecule has 1 atom stereocenters. The van der Waals surface area contributed by atoms with Crippen molar-refractivity contribution in [3.05, 3.63) is 78.6 Å². The van der Waals surface area contributed by atoms with Crippen molar-refractivity contribution in [2.75, 3.05) is 7.11 Å². The van der Waals surface area contributed by atoms with Crippen molar-refractivity contribution in [3.8, 4) is 11.5 Å². The standard InChI is InChI=1S/C23H20N4O5S2/c1-3-19-25-26-23(34-19)20-21(28)18(33-22(20)24)10-14-9-16(31-2)17(11-15(14)27(29)30)32-12-13-7-5-4-6-8-13/h4-11,20,24H,3,12H2,1-2H3/b18-10-,24-22?/t20-/m0/s1. The number of hydrogen-bond donors (Lipinski definition) is 1. The van der Waals surface area contributed by atoms with E-state index in [9.17, 15) is 14.9 Å². The molecule has 1 aliphatic heterocycles.